The molecule has 2 rings (SSSR count). The second-order valence-corrected chi connectivity index (χ2v) is 5.16. The number of thiazole rings is 1. The number of thioether (sulfide) groups is 1. The molecule has 1 fully saturated rings. The number of carboxylic acid groups (broad SMARTS) is 1. The first kappa shape index (κ1) is 15.5. The summed E-state index contributed by atoms with van der Waals surface area (Å²) in [5.74, 6) is -1.87. The van der Waals surface area contributed by atoms with Crippen molar-refractivity contribution in [2.45, 2.75) is 0 Å². The maximum absolute atomic E-state index is 11.8. The van der Waals surface area contributed by atoms with Gasteiger partial charge >= 0.3 is 5.97 Å². The Morgan fingerprint density at radius 2 is 2.21 bits per heavy atom. The summed E-state index contributed by atoms with van der Waals surface area (Å²) in [6.07, 6.45) is 1.42. The van der Waals surface area contributed by atoms with Crippen LogP contribution in [-0.2, 0) is 9.59 Å². The van der Waals surface area contributed by atoms with Gasteiger partial charge < -0.3 is 10.8 Å². The normalized spacial score (nSPS) is 16.8. The molecule has 1 saturated heterocycles. The van der Waals surface area contributed by atoms with Gasteiger partial charge in [0.05, 0.1) is 10.6 Å². The number of hydrogen-bond acceptors (Lipinski definition) is 7. The third-order valence-corrected chi connectivity index (χ3v) is 3.59. The fourth-order valence-electron chi connectivity index (χ4n) is 1.27. The Morgan fingerprint density at radius 3 is 2.74 bits per heavy atom. The first-order valence-corrected chi connectivity index (χ1v) is 6.35. The van der Waals surface area contributed by atoms with Crippen LogP contribution in [-0.4, -0.2) is 38.7 Å². The van der Waals surface area contributed by atoms with E-state index in [0.717, 1.165) is 0 Å². The van der Waals surface area contributed by atoms with Gasteiger partial charge in [0.15, 0.2) is 5.13 Å². The van der Waals surface area contributed by atoms with Crippen molar-refractivity contribution in [3.8, 4) is 0 Å². The first-order chi connectivity index (χ1) is 8.47. The number of aliphatic carboxylic acids is 1. The Labute approximate surface area is 121 Å². The molecule has 19 heavy (non-hydrogen) atoms. The van der Waals surface area contributed by atoms with Crippen LogP contribution < -0.4 is 5.73 Å². The minimum absolute atomic E-state index is 0. The average Bonchev–Trinajstić information content (AvgIpc) is 2.78. The van der Waals surface area contributed by atoms with Crippen molar-refractivity contribution in [2.75, 3.05) is 12.3 Å². The van der Waals surface area contributed by atoms with Gasteiger partial charge in [-0.25, -0.2) is 4.98 Å². The summed E-state index contributed by atoms with van der Waals surface area (Å²) in [6, 6.07) is 0. The standard InChI is InChI=1S/C9H7N3O4S2.ClH/c10-8-11-4(3-17-8)1-5-7(15)12(2-6(13)14)9(16)18-5;/h1,3H,2H2,(H2,10,11)(H,13,14);1H. The number of aromatic nitrogens is 1. The van der Waals surface area contributed by atoms with E-state index in [-0.39, 0.29) is 17.3 Å². The lowest BCUT2D eigenvalue weighted by Crippen LogP contribution is -2.33. The molecule has 0 aliphatic carbocycles. The first-order valence-electron chi connectivity index (χ1n) is 4.65. The predicted octanol–water partition coefficient (Wildman–Crippen LogP) is 1.27. The van der Waals surface area contributed by atoms with Crippen LogP contribution in [0.15, 0.2) is 10.3 Å². The maximum Gasteiger partial charge on any atom is 0.323 e. The smallest absolute Gasteiger partial charge is 0.323 e. The van der Waals surface area contributed by atoms with Crippen molar-refractivity contribution in [1.82, 2.24) is 9.88 Å². The van der Waals surface area contributed by atoms with Gasteiger partial charge in [0.1, 0.15) is 6.54 Å². The Bertz CT molecular complexity index is 572. The molecule has 0 saturated carbocycles. The lowest BCUT2D eigenvalue weighted by molar-refractivity contribution is -0.140. The molecule has 2 amide bonds. The Morgan fingerprint density at radius 1 is 1.53 bits per heavy atom. The van der Waals surface area contributed by atoms with Crippen molar-refractivity contribution >= 4 is 63.8 Å². The largest absolute Gasteiger partial charge is 0.480 e. The van der Waals surface area contributed by atoms with E-state index in [1.165, 1.54) is 17.4 Å². The summed E-state index contributed by atoms with van der Waals surface area (Å²) in [6.45, 7) is -0.638. The van der Waals surface area contributed by atoms with E-state index in [1.807, 2.05) is 0 Å². The number of amides is 2. The number of nitrogens with two attached hydrogens (primary N) is 1. The maximum atomic E-state index is 11.8. The summed E-state index contributed by atoms with van der Waals surface area (Å²) < 4.78 is 0. The highest BCUT2D eigenvalue weighted by Crippen LogP contribution is 2.32. The second kappa shape index (κ2) is 6.04. The van der Waals surface area contributed by atoms with Crippen LogP contribution in [0.2, 0.25) is 0 Å². The summed E-state index contributed by atoms with van der Waals surface area (Å²) in [4.78, 5) is 38.5. The molecule has 102 valence electrons. The van der Waals surface area contributed by atoms with Gasteiger partial charge in [0.2, 0.25) is 0 Å². The Hall–Kier alpha value is -1.58. The number of carbonyl (C=O) groups excluding carboxylic acids is 2. The van der Waals surface area contributed by atoms with Crippen LogP contribution in [0.3, 0.4) is 0 Å². The quantitative estimate of drug-likeness (QED) is 0.806. The molecule has 7 nitrogen and oxygen atoms in total. The van der Waals surface area contributed by atoms with Crippen LogP contribution in [0.4, 0.5) is 9.93 Å². The zero-order chi connectivity index (χ0) is 13.3. The molecule has 0 unspecified atom stereocenters. The number of imide groups is 1. The van der Waals surface area contributed by atoms with Gasteiger partial charge in [0, 0.05) is 5.38 Å². The molecule has 2 heterocycles. The van der Waals surface area contributed by atoms with E-state index < -0.39 is 23.7 Å². The van der Waals surface area contributed by atoms with E-state index in [2.05, 4.69) is 4.98 Å². The summed E-state index contributed by atoms with van der Waals surface area (Å²) in [5, 5.41) is 9.98. The van der Waals surface area contributed by atoms with E-state index in [4.69, 9.17) is 10.8 Å². The molecule has 0 bridgehead atoms. The molecule has 0 aromatic carbocycles. The fourth-order valence-corrected chi connectivity index (χ4v) is 2.62. The third kappa shape index (κ3) is 3.46. The van der Waals surface area contributed by atoms with Crippen molar-refractivity contribution in [3.05, 3.63) is 16.0 Å². The van der Waals surface area contributed by atoms with Gasteiger partial charge in [-0.3, -0.25) is 19.3 Å². The summed E-state index contributed by atoms with van der Waals surface area (Å²) in [5.41, 5.74) is 5.91. The van der Waals surface area contributed by atoms with Gasteiger partial charge in [-0.1, -0.05) is 0 Å². The zero-order valence-corrected chi connectivity index (χ0v) is 11.7. The van der Waals surface area contributed by atoms with Gasteiger partial charge in [0.25, 0.3) is 11.1 Å². The molecule has 3 N–H and O–H groups in total. The Kier molecular flexibility index (Phi) is 4.92. The Balaban J connectivity index is 0.00000180. The minimum Gasteiger partial charge on any atom is -0.480 e. The third-order valence-electron chi connectivity index (χ3n) is 1.99. The van der Waals surface area contributed by atoms with Crippen molar-refractivity contribution < 1.29 is 19.5 Å². The van der Waals surface area contributed by atoms with Gasteiger partial charge in [-0.05, 0) is 17.8 Å². The van der Waals surface area contributed by atoms with Crippen LogP contribution in [0.5, 0.6) is 0 Å². The zero-order valence-electron chi connectivity index (χ0n) is 9.23. The molecule has 0 radical (unpaired) electrons. The fraction of sp³-hybridized carbons (Fsp3) is 0.111. The topological polar surface area (TPSA) is 114 Å². The van der Waals surface area contributed by atoms with Crippen LogP contribution in [0.1, 0.15) is 5.69 Å². The molecular formula is C9H8ClN3O4S2. The molecule has 1 aromatic heterocycles. The highest BCUT2D eigenvalue weighted by atomic mass is 35.5. The summed E-state index contributed by atoms with van der Waals surface area (Å²) in [7, 11) is 0. The lowest BCUT2D eigenvalue weighted by Gasteiger charge is -2.07. The molecule has 1 aliphatic rings. The van der Waals surface area contributed by atoms with E-state index in [9.17, 15) is 14.4 Å². The highest BCUT2D eigenvalue weighted by Gasteiger charge is 2.36. The molecule has 0 atom stereocenters. The predicted molar refractivity (Wildman–Crippen MR) is 74.1 cm³/mol. The van der Waals surface area contributed by atoms with Crippen molar-refractivity contribution in [1.29, 1.82) is 0 Å². The lowest BCUT2D eigenvalue weighted by atomic mass is 10.3. The molecular weight excluding hydrogens is 314 g/mol. The number of halogens is 1. The number of carbonyl (C=O) groups is 3. The second-order valence-electron chi connectivity index (χ2n) is 3.27. The van der Waals surface area contributed by atoms with Crippen LogP contribution in [0, 0.1) is 0 Å². The number of rotatable bonds is 3. The summed E-state index contributed by atoms with van der Waals surface area (Å²) >= 11 is 1.90. The minimum atomic E-state index is -1.24. The number of hydrogen-bond donors (Lipinski definition) is 2. The van der Waals surface area contributed by atoms with Crippen LogP contribution >= 0.6 is 35.5 Å². The van der Waals surface area contributed by atoms with E-state index in [0.29, 0.717) is 27.5 Å². The van der Waals surface area contributed by atoms with E-state index in [1.54, 1.807) is 5.38 Å². The molecule has 10 heteroatoms. The molecule has 0 spiro atoms. The van der Waals surface area contributed by atoms with E-state index >= 15 is 0 Å². The van der Waals surface area contributed by atoms with Crippen molar-refractivity contribution in [3.63, 3.8) is 0 Å². The van der Waals surface area contributed by atoms with Crippen LogP contribution in [0.25, 0.3) is 6.08 Å². The number of nitrogens with zero attached hydrogens (tertiary/aromatic N) is 2. The van der Waals surface area contributed by atoms with Gasteiger partial charge in [-0.2, -0.15) is 0 Å². The number of carboxylic acids is 1. The monoisotopic (exact) mass is 321 g/mol. The van der Waals surface area contributed by atoms with Gasteiger partial charge in [-0.15, -0.1) is 23.7 Å². The highest BCUT2D eigenvalue weighted by molar-refractivity contribution is 8.18. The molecule has 1 aromatic rings. The number of anilines is 1. The average molecular weight is 322 g/mol. The van der Waals surface area contributed by atoms with Crippen molar-refractivity contribution in [2.24, 2.45) is 0 Å². The number of nitrogen functional groups attached to an aromatic ring is 1. The molecule has 1 aliphatic heterocycles. The SMILES string of the molecule is Cl.Nc1nc(C=C2SC(=O)N(CC(=O)O)C2=O)cs1.